The Bertz CT molecular complexity index is 392. The van der Waals surface area contributed by atoms with E-state index in [9.17, 15) is 0 Å². The average Bonchev–Trinajstić information content (AvgIpc) is 2.39. The Balaban J connectivity index is 1.85. The first-order chi connectivity index (χ1) is 8.38. The number of nitriles is 1. The third-order valence-corrected chi connectivity index (χ3v) is 3.15. The Kier molecular flexibility index (Phi) is 4.14. The molecule has 0 aromatic carbocycles. The van der Waals surface area contributed by atoms with Crippen molar-refractivity contribution in [2.45, 2.75) is 32.1 Å². The van der Waals surface area contributed by atoms with Crippen LogP contribution in [-0.4, -0.2) is 16.5 Å². The van der Waals surface area contributed by atoms with Crippen LogP contribution >= 0.6 is 0 Å². The molecule has 0 aliphatic heterocycles. The molecule has 1 aliphatic rings. The van der Waals surface area contributed by atoms with Gasteiger partial charge in [0.15, 0.2) is 6.19 Å². The maximum Gasteiger partial charge on any atom is 0.182 e. The van der Waals surface area contributed by atoms with Crippen LogP contribution in [0.15, 0.2) is 12.4 Å². The second kappa shape index (κ2) is 6.04. The van der Waals surface area contributed by atoms with Crippen molar-refractivity contribution in [1.29, 1.82) is 5.26 Å². The molecule has 1 saturated carbocycles. The van der Waals surface area contributed by atoms with Gasteiger partial charge in [0.25, 0.3) is 0 Å². The van der Waals surface area contributed by atoms with Gasteiger partial charge in [0.2, 0.25) is 0 Å². The Morgan fingerprint density at radius 2 is 2.00 bits per heavy atom. The van der Waals surface area contributed by atoms with Crippen LogP contribution < -0.4 is 10.6 Å². The fraction of sp³-hybridized carbons (Fsp3) is 0.583. The van der Waals surface area contributed by atoms with Gasteiger partial charge in [-0.25, -0.2) is 9.97 Å². The van der Waals surface area contributed by atoms with Gasteiger partial charge in [-0.2, -0.15) is 5.26 Å². The van der Waals surface area contributed by atoms with E-state index in [1.165, 1.54) is 38.4 Å². The lowest BCUT2D eigenvalue weighted by Gasteiger charge is -2.21. The SMILES string of the molecule is N#CNc1cc(NCC2CCCCC2)ncn1. The van der Waals surface area contributed by atoms with Crippen molar-refractivity contribution in [3.8, 4) is 6.19 Å². The highest BCUT2D eigenvalue weighted by Gasteiger charge is 2.13. The minimum atomic E-state index is 0.536. The molecule has 5 nitrogen and oxygen atoms in total. The minimum absolute atomic E-state index is 0.536. The van der Waals surface area contributed by atoms with Gasteiger partial charge in [-0.05, 0) is 18.8 Å². The third kappa shape index (κ3) is 3.59. The molecule has 0 bridgehead atoms. The van der Waals surface area contributed by atoms with Crippen LogP contribution in [0.2, 0.25) is 0 Å². The maximum absolute atomic E-state index is 8.50. The predicted molar refractivity (Wildman–Crippen MR) is 66.3 cm³/mol. The molecule has 17 heavy (non-hydrogen) atoms. The van der Waals surface area contributed by atoms with Crippen molar-refractivity contribution in [2.24, 2.45) is 5.92 Å². The molecule has 1 aliphatic carbocycles. The maximum atomic E-state index is 8.50. The van der Waals surface area contributed by atoms with Gasteiger partial charge in [-0.1, -0.05) is 19.3 Å². The van der Waals surface area contributed by atoms with E-state index < -0.39 is 0 Å². The molecule has 0 spiro atoms. The standard InChI is InChI=1S/C12H17N5/c13-8-15-12-6-11(16-9-17-12)14-7-10-4-2-1-3-5-10/h6,9-10H,1-5,7H2,(H2,14,15,16,17). The molecule has 0 radical (unpaired) electrons. The summed E-state index contributed by atoms with van der Waals surface area (Å²) in [7, 11) is 0. The molecule has 0 amide bonds. The molecule has 0 atom stereocenters. The quantitative estimate of drug-likeness (QED) is 0.614. The zero-order chi connectivity index (χ0) is 11.9. The molecule has 1 fully saturated rings. The first kappa shape index (κ1) is 11.6. The van der Waals surface area contributed by atoms with E-state index in [0.29, 0.717) is 5.82 Å². The molecule has 1 heterocycles. The third-order valence-electron chi connectivity index (χ3n) is 3.15. The smallest absolute Gasteiger partial charge is 0.182 e. The number of rotatable bonds is 4. The normalized spacial score (nSPS) is 16.2. The van der Waals surface area contributed by atoms with Gasteiger partial charge < -0.3 is 5.32 Å². The highest BCUT2D eigenvalue weighted by molar-refractivity contribution is 5.48. The van der Waals surface area contributed by atoms with Crippen molar-refractivity contribution in [3.05, 3.63) is 12.4 Å². The Labute approximate surface area is 101 Å². The second-order valence-electron chi connectivity index (χ2n) is 4.41. The van der Waals surface area contributed by atoms with Crippen LogP contribution in [0.25, 0.3) is 0 Å². The van der Waals surface area contributed by atoms with Crippen molar-refractivity contribution >= 4 is 11.6 Å². The largest absolute Gasteiger partial charge is 0.370 e. The number of nitrogens with one attached hydrogen (secondary N) is 2. The minimum Gasteiger partial charge on any atom is -0.370 e. The summed E-state index contributed by atoms with van der Waals surface area (Å²) < 4.78 is 0. The van der Waals surface area contributed by atoms with Gasteiger partial charge in [-0.15, -0.1) is 0 Å². The summed E-state index contributed by atoms with van der Waals surface area (Å²) >= 11 is 0. The molecule has 5 heteroatoms. The van der Waals surface area contributed by atoms with Gasteiger partial charge in [-0.3, -0.25) is 5.32 Å². The van der Waals surface area contributed by atoms with E-state index in [4.69, 9.17) is 5.26 Å². The highest BCUT2D eigenvalue weighted by atomic mass is 15.1. The molecule has 90 valence electrons. The fourth-order valence-corrected chi connectivity index (χ4v) is 2.22. The van der Waals surface area contributed by atoms with Crippen LogP contribution in [0.5, 0.6) is 0 Å². The first-order valence-corrected chi connectivity index (χ1v) is 6.09. The van der Waals surface area contributed by atoms with Crippen molar-refractivity contribution in [2.75, 3.05) is 17.2 Å². The van der Waals surface area contributed by atoms with Crippen LogP contribution in [0.1, 0.15) is 32.1 Å². The summed E-state index contributed by atoms with van der Waals surface area (Å²) in [6, 6.07) is 1.76. The van der Waals surface area contributed by atoms with E-state index in [2.05, 4.69) is 20.6 Å². The van der Waals surface area contributed by atoms with E-state index in [-0.39, 0.29) is 0 Å². The zero-order valence-electron chi connectivity index (χ0n) is 9.82. The molecular weight excluding hydrogens is 214 g/mol. The molecule has 1 aromatic heterocycles. The van der Waals surface area contributed by atoms with E-state index >= 15 is 0 Å². The van der Waals surface area contributed by atoms with E-state index in [0.717, 1.165) is 18.3 Å². The van der Waals surface area contributed by atoms with Crippen molar-refractivity contribution in [3.63, 3.8) is 0 Å². The Morgan fingerprint density at radius 1 is 1.24 bits per heavy atom. The van der Waals surface area contributed by atoms with Crippen LogP contribution in [0.3, 0.4) is 0 Å². The van der Waals surface area contributed by atoms with Crippen molar-refractivity contribution in [1.82, 2.24) is 9.97 Å². The molecule has 0 saturated heterocycles. The van der Waals surface area contributed by atoms with Crippen LogP contribution in [-0.2, 0) is 0 Å². The van der Waals surface area contributed by atoms with E-state index in [1.807, 2.05) is 6.19 Å². The number of hydrogen-bond acceptors (Lipinski definition) is 5. The summed E-state index contributed by atoms with van der Waals surface area (Å²) in [5.74, 6) is 2.07. The summed E-state index contributed by atoms with van der Waals surface area (Å²) in [5, 5.41) is 14.3. The lowest BCUT2D eigenvalue weighted by atomic mass is 9.89. The number of anilines is 2. The van der Waals surface area contributed by atoms with Gasteiger partial charge in [0, 0.05) is 12.6 Å². The molecule has 1 aromatic rings. The van der Waals surface area contributed by atoms with Crippen LogP contribution in [0.4, 0.5) is 11.6 Å². The number of hydrogen-bond donors (Lipinski definition) is 2. The Hall–Kier alpha value is -1.83. The summed E-state index contributed by atoms with van der Waals surface area (Å²) in [4.78, 5) is 8.07. The van der Waals surface area contributed by atoms with Gasteiger partial charge in [0.05, 0.1) is 0 Å². The topological polar surface area (TPSA) is 73.6 Å². The molecule has 2 rings (SSSR count). The predicted octanol–water partition coefficient (Wildman–Crippen LogP) is 2.36. The summed E-state index contributed by atoms with van der Waals surface area (Å²) in [6.07, 6.45) is 9.99. The lowest BCUT2D eigenvalue weighted by Crippen LogP contribution is -2.17. The zero-order valence-corrected chi connectivity index (χ0v) is 9.82. The van der Waals surface area contributed by atoms with Gasteiger partial charge >= 0.3 is 0 Å². The van der Waals surface area contributed by atoms with Crippen LogP contribution in [0, 0.1) is 17.4 Å². The molecule has 0 unspecified atom stereocenters. The highest BCUT2D eigenvalue weighted by Crippen LogP contribution is 2.23. The fourth-order valence-electron chi connectivity index (χ4n) is 2.22. The molecule has 2 N–H and O–H groups in total. The van der Waals surface area contributed by atoms with E-state index in [1.54, 1.807) is 6.07 Å². The second-order valence-corrected chi connectivity index (χ2v) is 4.41. The number of aromatic nitrogens is 2. The summed E-state index contributed by atoms with van der Waals surface area (Å²) in [5.41, 5.74) is 0. The monoisotopic (exact) mass is 231 g/mol. The number of nitrogens with zero attached hydrogens (tertiary/aromatic N) is 3. The summed E-state index contributed by atoms with van der Waals surface area (Å²) in [6.45, 7) is 0.961. The Morgan fingerprint density at radius 3 is 2.76 bits per heavy atom. The molecular formula is C12H17N5. The lowest BCUT2D eigenvalue weighted by molar-refractivity contribution is 0.373. The van der Waals surface area contributed by atoms with Gasteiger partial charge in [0.1, 0.15) is 18.0 Å². The first-order valence-electron chi connectivity index (χ1n) is 6.09. The van der Waals surface area contributed by atoms with Crippen molar-refractivity contribution < 1.29 is 0 Å². The average molecular weight is 231 g/mol.